The number of carbonyl (C=O) groups is 1. The Morgan fingerprint density at radius 1 is 1.45 bits per heavy atom. The Morgan fingerprint density at radius 3 is 2.90 bits per heavy atom. The predicted molar refractivity (Wildman–Crippen MR) is 69.7 cm³/mol. The van der Waals surface area contributed by atoms with Crippen molar-refractivity contribution in [2.24, 2.45) is 0 Å². The van der Waals surface area contributed by atoms with Gasteiger partial charge in [-0.05, 0) is 18.6 Å². The van der Waals surface area contributed by atoms with Gasteiger partial charge in [-0.2, -0.15) is 0 Å². The van der Waals surface area contributed by atoms with Crippen molar-refractivity contribution in [3.63, 3.8) is 0 Å². The molecule has 0 spiro atoms. The van der Waals surface area contributed by atoms with Crippen LogP contribution in [0.5, 0.6) is 0 Å². The van der Waals surface area contributed by atoms with Gasteiger partial charge in [0.25, 0.3) is 6.43 Å². The van der Waals surface area contributed by atoms with E-state index in [1.54, 1.807) is 0 Å². The van der Waals surface area contributed by atoms with Gasteiger partial charge >= 0.3 is 0 Å². The topological polar surface area (TPSA) is 62.5 Å². The zero-order chi connectivity index (χ0) is 14.7. The average molecular weight is 283 g/mol. The maximum atomic E-state index is 12.1. The van der Waals surface area contributed by atoms with Crippen LogP contribution in [-0.2, 0) is 11.2 Å². The number of aliphatic hydroxyl groups is 1. The van der Waals surface area contributed by atoms with Gasteiger partial charge in [-0.25, -0.2) is 8.78 Å². The lowest BCUT2D eigenvalue weighted by molar-refractivity contribution is -0.121. The smallest absolute Gasteiger partial charge is 0.265 e. The monoisotopic (exact) mass is 283 g/mol. The molecule has 2 rings (SSSR count). The SMILES string of the molecule is Cc1ccc2c(CC(=O)NCC(O)C(F)F)coc2c1. The lowest BCUT2D eigenvalue weighted by Crippen LogP contribution is -2.36. The summed E-state index contributed by atoms with van der Waals surface area (Å²) >= 11 is 0. The molecule has 6 heteroatoms. The lowest BCUT2D eigenvalue weighted by Gasteiger charge is -2.10. The number of aliphatic hydroxyl groups excluding tert-OH is 1. The summed E-state index contributed by atoms with van der Waals surface area (Å²) in [6, 6.07) is 5.61. The summed E-state index contributed by atoms with van der Waals surface area (Å²) in [6.07, 6.45) is -3.21. The molecule has 0 radical (unpaired) electrons. The number of amides is 1. The lowest BCUT2D eigenvalue weighted by atomic mass is 10.1. The summed E-state index contributed by atoms with van der Waals surface area (Å²) < 4.78 is 29.5. The molecule has 0 fully saturated rings. The number of furan rings is 1. The van der Waals surface area contributed by atoms with Crippen molar-refractivity contribution >= 4 is 16.9 Å². The van der Waals surface area contributed by atoms with Crippen molar-refractivity contribution in [2.45, 2.75) is 25.9 Å². The van der Waals surface area contributed by atoms with Crippen molar-refractivity contribution in [1.82, 2.24) is 5.32 Å². The van der Waals surface area contributed by atoms with Gasteiger partial charge in [0.1, 0.15) is 11.7 Å². The van der Waals surface area contributed by atoms with Crippen molar-refractivity contribution < 1.29 is 23.1 Å². The second-order valence-corrected chi connectivity index (χ2v) is 4.64. The zero-order valence-corrected chi connectivity index (χ0v) is 10.9. The second kappa shape index (κ2) is 6.00. The number of hydrogen-bond donors (Lipinski definition) is 2. The maximum absolute atomic E-state index is 12.1. The maximum Gasteiger partial charge on any atom is 0.265 e. The fourth-order valence-electron chi connectivity index (χ4n) is 1.87. The number of halogens is 2. The van der Waals surface area contributed by atoms with E-state index in [4.69, 9.17) is 9.52 Å². The van der Waals surface area contributed by atoms with E-state index in [2.05, 4.69) is 5.32 Å². The molecule has 1 heterocycles. The molecule has 0 aliphatic carbocycles. The number of aryl methyl sites for hydroxylation is 1. The van der Waals surface area contributed by atoms with Gasteiger partial charge in [-0.3, -0.25) is 4.79 Å². The molecular formula is C14H15F2NO3. The van der Waals surface area contributed by atoms with Crippen LogP contribution < -0.4 is 5.32 Å². The third-order valence-electron chi connectivity index (χ3n) is 2.96. The molecule has 1 aromatic carbocycles. The molecule has 1 amide bonds. The van der Waals surface area contributed by atoms with Gasteiger partial charge in [0.2, 0.25) is 5.91 Å². The molecule has 4 nitrogen and oxygen atoms in total. The van der Waals surface area contributed by atoms with E-state index in [-0.39, 0.29) is 6.42 Å². The molecule has 0 aliphatic heterocycles. The third-order valence-corrected chi connectivity index (χ3v) is 2.96. The van der Waals surface area contributed by atoms with Crippen LogP contribution in [0.25, 0.3) is 11.0 Å². The summed E-state index contributed by atoms with van der Waals surface area (Å²) in [6.45, 7) is 1.46. The Balaban J connectivity index is 2.00. The molecule has 2 N–H and O–H groups in total. The highest BCUT2D eigenvalue weighted by atomic mass is 19.3. The van der Waals surface area contributed by atoms with E-state index in [1.165, 1.54) is 6.26 Å². The van der Waals surface area contributed by atoms with Gasteiger partial charge in [-0.1, -0.05) is 12.1 Å². The first kappa shape index (κ1) is 14.5. The Bertz CT molecular complexity index is 609. The van der Waals surface area contributed by atoms with E-state index >= 15 is 0 Å². The molecule has 108 valence electrons. The zero-order valence-electron chi connectivity index (χ0n) is 10.9. The largest absolute Gasteiger partial charge is 0.464 e. The number of carbonyl (C=O) groups excluding carboxylic acids is 1. The molecule has 0 saturated heterocycles. The van der Waals surface area contributed by atoms with Gasteiger partial charge in [-0.15, -0.1) is 0 Å². The van der Waals surface area contributed by atoms with Crippen LogP contribution in [0.2, 0.25) is 0 Å². The number of hydrogen-bond acceptors (Lipinski definition) is 3. The minimum Gasteiger partial charge on any atom is -0.464 e. The Hall–Kier alpha value is -1.95. The predicted octanol–water partition coefficient (Wildman–Crippen LogP) is 2.03. The highest BCUT2D eigenvalue weighted by Crippen LogP contribution is 2.22. The normalized spacial score (nSPS) is 12.8. The molecule has 2 aromatic rings. The van der Waals surface area contributed by atoms with Crippen LogP contribution in [0.15, 0.2) is 28.9 Å². The van der Waals surface area contributed by atoms with Crippen LogP contribution in [0.3, 0.4) is 0 Å². The standard InChI is InChI=1S/C14H15F2NO3/c1-8-2-3-10-9(7-20-12(10)4-8)5-13(19)17-6-11(18)14(15)16/h2-4,7,11,14,18H,5-6H2,1H3,(H,17,19). The molecule has 0 bridgehead atoms. The van der Waals surface area contributed by atoms with Crippen LogP contribution in [0.1, 0.15) is 11.1 Å². The number of benzene rings is 1. The van der Waals surface area contributed by atoms with Gasteiger partial charge < -0.3 is 14.8 Å². The van der Waals surface area contributed by atoms with Crippen molar-refractivity contribution in [3.05, 3.63) is 35.6 Å². The first-order chi connectivity index (χ1) is 9.47. The van der Waals surface area contributed by atoms with Crippen LogP contribution in [0, 0.1) is 6.92 Å². The molecular weight excluding hydrogens is 268 g/mol. The van der Waals surface area contributed by atoms with Crippen molar-refractivity contribution in [2.75, 3.05) is 6.54 Å². The molecule has 20 heavy (non-hydrogen) atoms. The first-order valence-corrected chi connectivity index (χ1v) is 6.17. The minimum absolute atomic E-state index is 0.0199. The van der Waals surface area contributed by atoms with E-state index in [1.807, 2.05) is 25.1 Å². The van der Waals surface area contributed by atoms with Crippen LogP contribution in [0.4, 0.5) is 8.78 Å². The van der Waals surface area contributed by atoms with Crippen LogP contribution >= 0.6 is 0 Å². The Labute approximate surface area is 114 Å². The Kier molecular flexibility index (Phi) is 4.34. The molecule has 1 atom stereocenters. The summed E-state index contributed by atoms with van der Waals surface area (Å²) in [5.74, 6) is -0.437. The summed E-state index contributed by atoms with van der Waals surface area (Å²) in [5.41, 5.74) is 2.41. The van der Waals surface area contributed by atoms with E-state index in [9.17, 15) is 13.6 Å². The quantitative estimate of drug-likeness (QED) is 0.882. The van der Waals surface area contributed by atoms with Crippen molar-refractivity contribution in [1.29, 1.82) is 0 Å². The number of rotatable bonds is 5. The van der Waals surface area contributed by atoms with E-state index in [0.717, 1.165) is 10.9 Å². The second-order valence-electron chi connectivity index (χ2n) is 4.64. The fraction of sp³-hybridized carbons (Fsp3) is 0.357. The van der Waals surface area contributed by atoms with Gasteiger partial charge in [0.05, 0.1) is 12.7 Å². The first-order valence-electron chi connectivity index (χ1n) is 6.17. The summed E-state index contributed by atoms with van der Waals surface area (Å²) in [7, 11) is 0. The van der Waals surface area contributed by atoms with E-state index in [0.29, 0.717) is 11.1 Å². The highest BCUT2D eigenvalue weighted by Gasteiger charge is 2.18. The van der Waals surface area contributed by atoms with Gasteiger partial charge in [0, 0.05) is 17.5 Å². The fourth-order valence-corrected chi connectivity index (χ4v) is 1.87. The van der Waals surface area contributed by atoms with Gasteiger partial charge in [0.15, 0.2) is 0 Å². The summed E-state index contributed by atoms with van der Waals surface area (Å²) in [5, 5.41) is 12.0. The molecule has 1 unspecified atom stereocenters. The third kappa shape index (κ3) is 3.33. The average Bonchev–Trinajstić information content (AvgIpc) is 2.78. The van der Waals surface area contributed by atoms with E-state index < -0.39 is 25.0 Å². The Morgan fingerprint density at radius 2 is 2.20 bits per heavy atom. The molecule has 0 saturated carbocycles. The number of fused-ring (bicyclic) bond motifs is 1. The molecule has 1 aromatic heterocycles. The molecule has 0 aliphatic rings. The number of alkyl halides is 2. The summed E-state index contributed by atoms with van der Waals surface area (Å²) in [4.78, 5) is 11.6. The highest BCUT2D eigenvalue weighted by molar-refractivity contribution is 5.87. The number of nitrogens with one attached hydrogen (secondary N) is 1. The van der Waals surface area contributed by atoms with Crippen LogP contribution in [-0.4, -0.2) is 30.1 Å². The minimum atomic E-state index is -2.87. The van der Waals surface area contributed by atoms with Crippen molar-refractivity contribution in [3.8, 4) is 0 Å².